The molecule has 0 radical (unpaired) electrons. The molecule has 8 nitrogen and oxygen atoms in total. The van der Waals surface area contributed by atoms with E-state index in [1.54, 1.807) is 17.0 Å². The lowest BCUT2D eigenvalue weighted by Crippen LogP contribution is -2.41. The monoisotopic (exact) mass is 624 g/mol. The lowest BCUT2D eigenvalue weighted by molar-refractivity contribution is 0.0540. The van der Waals surface area contributed by atoms with E-state index in [2.05, 4.69) is 5.32 Å². The molecule has 0 saturated heterocycles. The van der Waals surface area contributed by atoms with Crippen molar-refractivity contribution >= 4 is 57.6 Å². The Kier molecular flexibility index (Phi) is 11.6. The minimum Gasteiger partial charge on any atom is -0.496 e. The summed E-state index contributed by atoms with van der Waals surface area (Å²) in [5.74, 6) is -1.23. The molecule has 1 aliphatic rings. The van der Waals surface area contributed by atoms with Crippen molar-refractivity contribution in [3.05, 3.63) is 57.4 Å². The number of hydrogen-bond donors (Lipinski definition) is 3. The molecule has 1 heterocycles. The SMILES string of the molecule is CNC(=O)OC(C)(C)C.COc1ccc(B(O)O)cc1CN(C(=O)c1sc2c(F)ccc(F)c2c1Cl)C1CCCCC1. The Bertz CT molecular complexity index is 1410. The molecule has 0 bridgehead atoms. The highest BCUT2D eigenvalue weighted by Gasteiger charge is 2.31. The maximum Gasteiger partial charge on any atom is 0.488 e. The fourth-order valence-electron chi connectivity index (χ4n) is 4.72. The zero-order chi connectivity index (χ0) is 31.2. The topological polar surface area (TPSA) is 108 Å². The van der Waals surface area contributed by atoms with Crippen LogP contribution in [0.3, 0.4) is 0 Å². The van der Waals surface area contributed by atoms with Crippen LogP contribution in [0.4, 0.5) is 13.6 Å². The number of amides is 2. The molecule has 0 aliphatic heterocycles. The van der Waals surface area contributed by atoms with Gasteiger partial charge in [0.2, 0.25) is 0 Å². The molecule has 3 N–H and O–H groups in total. The van der Waals surface area contributed by atoms with E-state index in [9.17, 15) is 28.4 Å². The molecule has 1 saturated carbocycles. The van der Waals surface area contributed by atoms with Crippen molar-refractivity contribution in [2.75, 3.05) is 14.2 Å². The van der Waals surface area contributed by atoms with Gasteiger partial charge in [-0.05, 0) is 57.3 Å². The number of alkyl carbamates (subject to hydrolysis) is 1. The molecule has 0 atom stereocenters. The molecule has 2 aromatic carbocycles. The molecule has 1 aromatic heterocycles. The third-order valence-electron chi connectivity index (χ3n) is 6.70. The van der Waals surface area contributed by atoms with Crippen molar-refractivity contribution in [1.82, 2.24) is 10.2 Å². The van der Waals surface area contributed by atoms with Gasteiger partial charge in [-0.3, -0.25) is 4.79 Å². The number of carbonyl (C=O) groups excluding carboxylic acids is 2. The van der Waals surface area contributed by atoms with Crippen molar-refractivity contribution in [3.8, 4) is 5.75 Å². The molecular formula is C29H36BClF2N2O6S. The van der Waals surface area contributed by atoms with Gasteiger partial charge >= 0.3 is 13.2 Å². The second-order valence-electron chi connectivity index (χ2n) is 10.9. The average molecular weight is 625 g/mol. The van der Waals surface area contributed by atoms with Crippen LogP contribution in [0.1, 0.15) is 68.1 Å². The third-order valence-corrected chi connectivity index (χ3v) is 8.37. The highest BCUT2D eigenvalue weighted by atomic mass is 35.5. The van der Waals surface area contributed by atoms with E-state index >= 15 is 0 Å². The summed E-state index contributed by atoms with van der Waals surface area (Å²) in [5, 5.41) is 21.4. The first kappa shape index (κ1) is 33.6. The lowest BCUT2D eigenvalue weighted by atomic mass is 9.79. The predicted octanol–water partition coefficient (Wildman–Crippen LogP) is 5.64. The van der Waals surface area contributed by atoms with E-state index in [0.717, 1.165) is 55.6 Å². The third kappa shape index (κ3) is 8.34. The van der Waals surface area contributed by atoms with E-state index in [0.29, 0.717) is 11.3 Å². The van der Waals surface area contributed by atoms with Gasteiger partial charge in [0.1, 0.15) is 27.9 Å². The zero-order valence-corrected chi connectivity index (χ0v) is 25.9. The highest BCUT2D eigenvalue weighted by Crippen LogP contribution is 2.40. The van der Waals surface area contributed by atoms with Crippen molar-refractivity contribution in [2.45, 2.75) is 71.1 Å². The lowest BCUT2D eigenvalue weighted by Gasteiger charge is -2.34. The summed E-state index contributed by atoms with van der Waals surface area (Å²) in [6, 6.07) is 6.67. The Labute approximate surface area is 253 Å². The molecule has 1 fully saturated rings. The van der Waals surface area contributed by atoms with Gasteiger partial charge in [0.25, 0.3) is 5.91 Å². The predicted molar refractivity (Wildman–Crippen MR) is 162 cm³/mol. The van der Waals surface area contributed by atoms with Gasteiger partial charge in [-0.1, -0.05) is 43.0 Å². The number of ether oxygens (including phenoxy) is 2. The van der Waals surface area contributed by atoms with E-state index in [-0.39, 0.29) is 49.7 Å². The minimum absolute atomic E-state index is 0.00919. The molecular weight excluding hydrogens is 589 g/mol. The quantitative estimate of drug-likeness (QED) is 0.307. The van der Waals surface area contributed by atoms with Crippen LogP contribution in [0.2, 0.25) is 5.02 Å². The zero-order valence-electron chi connectivity index (χ0n) is 24.3. The van der Waals surface area contributed by atoms with Crippen LogP contribution in [-0.4, -0.2) is 59.9 Å². The number of halogens is 3. The number of rotatable bonds is 6. The van der Waals surface area contributed by atoms with Crippen molar-refractivity contribution in [2.24, 2.45) is 0 Å². The summed E-state index contributed by atoms with van der Waals surface area (Å²) in [6.07, 6.45) is 4.20. The van der Waals surface area contributed by atoms with Crippen LogP contribution < -0.4 is 15.5 Å². The van der Waals surface area contributed by atoms with E-state index < -0.39 is 24.7 Å². The van der Waals surface area contributed by atoms with Crippen LogP contribution in [0, 0.1) is 11.6 Å². The van der Waals surface area contributed by atoms with Crippen LogP contribution in [-0.2, 0) is 11.3 Å². The number of thiophene rings is 1. The molecule has 42 heavy (non-hydrogen) atoms. The molecule has 3 aromatic rings. The maximum atomic E-state index is 14.4. The Morgan fingerprint density at radius 2 is 1.76 bits per heavy atom. The summed E-state index contributed by atoms with van der Waals surface area (Å²) in [6.45, 7) is 5.59. The van der Waals surface area contributed by atoms with Crippen molar-refractivity contribution < 1.29 is 37.9 Å². The van der Waals surface area contributed by atoms with Gasteiger partial charge in [-0.2, -0.15) is 0 Å². The second-order valence-corrected chi connectivity index (χ2v) is 12.3. The number of hydrogen-bond acceptors (Lipinski definition) is 7. The number of carbonyl (C=O) groups is 2. The summed E-state index contributed by atoms with van der Waals surface area (Å²) in [4.78, 5) is 26.0. The van der Waals surface area contributed by atoms with E-state index in [1.807, 2.05) is 20.8 Å². The number of fused-ring (bicyclic) bond motifs is 1. The fraction of sp³-hybridized carbons (Fsp3) is 0.448. The van der Waals surface area contributed by atoms with Gasteiger partial charge in [-0.15, -0.1) is 11.3 Å². The fourth-order valence-corrected chi connectivity index (χ4v) is 6.23. The summed E-state index contributed by atoms with van der Waals surface area (Å²) in [7, 11) is 1.36. The molecule has 0 spiro atoms. The second kappa shape index (κ2) is 14.5. The Hall–Kier alpha value is -2.93. The minimum atomic E-state index is -1.67. The molecule has 2 amide bonds. The van der Waals surface area contributed by atoms with Crippen LogP contribution in [0.15, 0.2) is 30.3 Å². The van der Waals surface area contributed by atoms with Gasteiger partial charge in [0, 0.05) is 25.2 Å². The standard InChI is InChI=1S/C23H23BClF2NO4S.C6H13NO2/c1-32-18-10-7-14(24(30)31)11-13(18)12-28(15-5-3-2-4-6-15)23(29)22-20(25)19-16(26)8-9-17(27)21(19)33-22;1-6(2,3)9-5(8)7-4/h7-11,15,30-31H,2-6,12H2,1H3;1-4H3,(H,7,8). The smallest absolute Gasteiger partial charge is 0.488 e. The summed E-state index contributed by atoms with van der Waals surface area (Å²) < 4.78 is 39.0. The van der Waals surface area contributed by atoms with Crippen LogP contribution in [0.25, 0.3) is 10.1 Å². The molecule has 4 rings (SSSR count). The Balaban J connectivity index is 0.000000467. The van der Waals surface area contributed by atoms with Crippen molar-refractivity contribution in [3.63, 3.8) is 0 Å². The highest BCUT2D eigenvalue weighted by molar-refractivity contribution is 7.21. The van der Waals surface area contributed by atoms with Gasteiger partial charge < -0.3 is 29.7 Å². The number of nitrogens with one attached hydrogen (secondary N) is 1. The normalized spacial score (nSPS) is 13.7. The molecule has 13 heteroatoms. The van der Waals surface area contributed by atoms with Crippen LogP contribution >= 0.6 is 22.9 Å². The first-order valence-corrected chi connectivity index (χ1v) is 14.8. The first-order chi connectivity index (χ1) is 19.8. The van der Waals surface area contributed by atoms with Gasteiger partial charge in [0.15, 0.2) is 0 Å². The largest absolute Gasteiger partial charge is 0.496 e. The molecule has 1 aliphatic carbocycles. The van der Waals surface area contributed by atoms with E-state index in [4.69, 9.17) is 21.1 Å². The van der Waals surface area contributed by atoms with Gasteiger partial charge in [-0.25, -0.2) is 13.6 Å². The van der Waals surface area contributed by atoms with E-state index in [1.165, 1.54) is 20.2 Å². The molecule has 0 unspecified atom stereocenters. The number of nitrogens with zero attached hydrogens (tertiary/aromatic N) is 1. The summed E-state index contributed by atoms with van der Waals surface area (Å²) in [5.41, 5.74) is 0.475. The summed E-state index contributed by atoms with van der Waals surface area (Å²) >= 11 is 7.25. The average Bonchev–Trinajstić information content (AvgIpc) is 3.31. The van der Waals surface area contributed by atoms with Crippen molar-refractivity contribution in [1.29, 1.82) is 0 Å². The van der Waals surface area contributed by atoms with Crippen LogP contribution in [0.5, 0.6) is 5.75 Å². The van der Waals surface area contributed by atoms with Gasteiger partial charge in [0.05, 0.1) is 22.2 Å². The Morgan fingerprint density at radius 3 is 2.29 bits per heavy atom. The number of methoxy groups -OCH3 is 1. The number of benzene rings is 2. The molecule has 228 valence electrons. The Morgan fingerprint density at radius 1 is 1.12 bits per heavy atom. The maximum absolute atomic E-state index is 14.4. The first-order valence-electron chi connectivity index (χ1n) is 13.6.